The summed E-state index contributed by atoms with van der Waals surface area (Å²) in [7, 11) is 0. The number of nitrogens with zero attached hydrogens (tertiary/aromatic N) is 2. The van der Waals surface area contributed by atoms with Gasteiger partial charge in [0.25, 0.3) is 0 Å². The quantitative estimate of drug-likeness (QED) is 0.665. The van der Waals surface area contributed by atoms with Crippen LogP contribution in [-0.2, 0) is 4.79 Å². The highest BCUT2D eigenvalue weighted by molar-refractivity contribution is 6.30. The molecule has 5 nitrogen and oxygen atoms in total. The number of carbonyl (C=O) groups is 1. The molecule has 0 spiro atoms. The molecule has 0 aliphatic carbocycles. The lowest BCUT2D eigenvalue weighted by molar-refractivity contribution is -0.117. The van der Waals surface area contributed by atoms with E-state index in [2.05, 4.69) is 15.4 Å². The van der Waals surface area contributed by atoms with Crippen LogP contribution in [0.15, 0.2) is 29.4 Å². The van der Waals surface area contributed by atoms with E-state index in [0.29, 0.717) is 18.0 Å². The van der Waals surface area contributed by atoms with Crippen LogP contribution in [-0.4, -0.2) is 41.4 Å². The Kier molecular flexibility index (Phi) is 4.98. The number of rotatable bonds is 3. The number of carbonyl (C=O) groups excluding carboxylic acids is 1. The van der Waals surface area contributed by atoms with E-state index in [1.165, 1.54) is 0 Å². The SMILES string of the molecule is CC1CN(CC(=O)Nc2ccc(Cl)cc2)CC/C1=N\O. The zero-order chi connectivity index (χ0) is 14.5. The van der Waals surface area contributed by atoms with Crippen molar-refractivity contribution in [1.82, 2.24) is 4.90 Å². The van der Waals surface area contributed by atoms with E-state index in [9.17, 15) is 4.79 Å². The number of likely N-dealkylation sites (tertiary alicyclic amines) is 1. The second kappa shape index (κ2) is 6.72. The number of piperidine rings is 1. The van der Waals surface area contributed by atoms with Gasteiger partial charge in [0.05, 0.1) is 12.3 Å². The molecule has 108 valence electrons. The molecule has 1 fully saturated rings. The molecule has 1 saturated heterocycles. The fourth-order valence-electron chi connectivity index (χ4n) is 2.33. The molecule has 1 heterocycles. The molecule has 0 aromatic heterocycles. The number of hydrogen-bond donors (Lipinski definition) is 2. The summed E-state index contributed by atoms with van der Waals surface area (Å²) in [5.41, 5.74) is 1.54. The van der Waals surface area contributed by atoms with Crippen molar-refractivity contribution in [3.8, 4) is 0 Å². The van der Waals surface area contributed by atoms with Crippen LogP contribution in [0.5, 0.6) is 0 Å². The predicted molar refractivity (Wildman–Crippen MR) is 79.5 cm³/mol. The van der Waals surface area contributed by atoms with Crippen LogP contribution in [0, 0.1) is 5.92 Å². The minimum Gasteiger partial charge on any atom is -0.411 e. The molecule has 0 radical (unpaired) electrons. The van der Waals surface area contributed by atoms with E-state index in [1.807, 2.05) is 6.92 Å². The largest absolute Gasteiger partial charge is 0.411 e. The van der Waals surface area contributed by atoms with E-state index in [1.54, 1.807) is 24.3 Å². The molecule has 1 aromatic carbocycles. The predicted octanol–water partition coefficient (Wildman–Crippen LogP) is 2.45. The van der Waals surface area contributed by atoms with Gasteiger partial charge in [0.15, 0.2) is 0 Å². The molecule has 0 saturated carbocycles. The first-order chi connectivity index (χ1) is 9.58. The average Bonchev–Trinajstić information content (AvgIpc) is 2.41. The third-order valence-corrected chi connectivity index (χ3v) is 3.66. The number of nitrogens with one attached hydrogen (secondary N) is 1. The van der Waals surface area contributed by atoms with E-state index in [0.717, 1.165) is 24.5 Å². The summed E-state index contributed by atoms with van der Waals surface area (Å²) < 4.78 is 0. The van der Waals surface area contributed by atoms with Gasteiger partial charge in [0, 0.05) is 36.1 Å². The Hall–Kier alpha value is -1.59. The van der Waals surface area contributed by atoms with Crippen molar-refractivity contribution in [2.24, 2.45) is 11.1 Å². The molecular weight excluding hydrogens is 278 g/mol. The first kappa shape index (κ1) is 14.8. The summed E-state index contributed by atoms with van der Waals surface area (Å²) in [4.78, 5) is 14.0. The maximum Gasteiger partial charge on any atom is 0.238 e. The Morgan fingerprint density at radius 2 is 2.20 bits per heavy atom. The van der Waals surface area contributed by atoms with Crippen LogP contribution >= 0.6 is 11.6 Å². The van der Waals surface area contributed by atoms with E-state index < -0.39 is 0 Å². The van der Waals surface area contributed by atoms with Gasteiger partial charge in [-0.2, -0.15) is 0 Å². The van der Waals surface area contributed by atoms with Crippen molar-refractivity contribution in [1.29, 1.82) is 0 Å². The summed E-state index contributed by atoms with van der Waals surface area (Å²) in [5.74, 6) is 0.126. The second-order valence-corrected chi connectivity index (χ2v) is 5.47. The molecule has 1 amide bonds. The highest BCUT2D eigenvalue weighted by Gasteiger charge is 2.23. The van der Waals surface area contributed by atoms with Gasteiger partial charge in [0.2, 0.25) is 5.91 Å². The number of halogens is 1. The topological polar surface area (TPSA) is 64.9 Å². The van der Waals surface area contributed by atoms with Gasteiger partial charge in [-0.25, -0.2) is 0 Å². The lowest BCUT2D eigenvalue weighted by Crippen LogP contribution is -2.43. The third-order valence-electron chi connectivity index (χ3n) is 3.41. The van der Waals surface area contributed by atoms with Crippen molar-refractivity contribution in [2.75, 3.05) is 25.0 Å². The lowest BCUT2D eigenvalue weighted by Gasteiger charge is -2.30. The number of amides is 1. The highest BCUT2D eigenvalue weighted by Crippen LogP contribution is 2.15. The van der Waals surface area contributed by atoms with Crippen molar-refractivity contribution in [3.05, 3.63) is 29.3 Å². The highest BCUT2D eigenvalue weighted by atomic mass is 35.5. The summed E-state index contributed by atoms with van der Waals surface area (Å²) in [6.07, 6.45) is 0.700. The summed E-state index contributed by atoms with van der Waals surface area (Å²) in [6.45, 7) is 3.80. The molecule has 20 heavy (non-hydrogen) atoms. The molecule has 1 atom stereocenters. The van der Waals surface area contributed by atoms with Gasteiger partial charge in [-0.05, 0) is 24.3 Å². The molecular formula is C14H18ClN3O2. The molecule has 1 aliphatic heterocycles. The van der Waals surface area contributed by atoms with Gasteiger partial charge < -0.3 is 10.5 Å². The molecule has 2 rings (SSSR count). The Balaban J connectivity index is 1.84. The number of benzene rings is 1. The molecule has 1 aliphatic rings. The first-order valence-corrected chi connectivity index (χ1v) is 6.95. The average molecular weight is 296 g/mol. The standard InChI is InChI=1S/C14H18ClN3O2/c1-10-8-18(7-6-13(10)17-20)9-14(19)16-12-4-2-11(15)3-5-12/h2-5,10,20H,6-9H2,1H3,(H,16,19)/b17-13+. The minimum absolute atomic E-state index is 0.0519. The maximum absolute atomic E-state index is 12.0. The van der Waals surface area contributed by atoms with Gasteiger partial charge >= 0.3 is 0 Å². The Labute approximate surface area is 123 Å². The van der Waals surface area contributed by atoms with Crippen molar-refractivity contribution in [3.63, 3.8) is 0 Å². The summed E-state index contributed by atoms with van der Waals surface area (Å²) in [6, 6.07) is 7.03. The molecule has 2 N–H and O–H groups in total. The zero-order valence-electron chi connectivity index (χ0n) is 11.3. The van der Waals surface area contributed by atoms with Gasteiger partial charge in [-0.15, -0.1) is 0 Å². The Bertz CT molecular complexity index is 502. The normalized spacial score (nSPS) is 21.9. The van der Waals surface area contributed by atoms with Crippen molar-refractivity contribution >= 4 is 28.9 Å². The van der Waals surface area contributed by atoms with Crippen LogP contribution in [0.25, 0.3) is 0 Å². The van der Waals surface area contributed by atoms with Crippen LogP contribution in [0.4, 0.5) is 5.69 Å². The van der Waals surface area contributed by atoms with E-state index in [4.69, 9.17) is 16.8 Å². The smallest absolute Gasteiger partial charge is 0.238 e. The van der Waals surface area contributed by atoms with Crippen LogP contribution in [0.3, 0.4) is 0 Å². The zero-order valence-corrected chi connectivity index (χ0v) is 12.1. The number of hydrogen-bond acceptors (Lipinski definition) is 4. The van der Waals surface area contributed by atoms with Gasteiger partial charge in [-0.1, -0.05) is 23.7 Å². The van der Waals surface area contributed by atoms with Gasteiger partial charge in [-0.3, -0.25) is 9.69 Å². The molecule has 1 unspecified atom stereocenters. The maximum atomic E-state index is 12.0. The fraction of sp³-hybridized carbons (Fsp3) is 0.429. The number of anilines is 1. The monoisotopic (exact) mass is 295 g/mol. The van der Waals surface area contributed by atoms with Crippen molar-refractivity contribution in [2.45, 2.75) is 13.3 Å². The molecule has 6 heteroatoms. The number of oxime groups is 1. The second-order valence-electron chi connectivity index (χ2n) is 5.03. The summed E-state index contributed by atoms with van der Waals surface area (Å²) in [5, 5.41) is 15.6. The third kappa shape index (κ3) is 3.95. The fourth-order valence-corrected chi connectivity index (χ4v) is 2.46. The van der Waals surface area contributed by atoms with Crippen LogP contribution in [0.2, 0.25) is 5.02 Å². The molecule has 0 bridgehead atoms. The van der Waals surface area contributed by atoms with Gasteiger partial charge in [0.1, 0.15) is 0 Å². The minimum atomic E-state index is -0.0519. The van der Waals surface area contributed by atoms with Crippen molar-refractivity contribution < 1.29 is 10.0 Å². The summed E-state index contributed by atoms with van der Waals surface area (Å²) >= 11 is 5.79. The Morgan fingerprint density at radius 3 is 2.80 bits per heavy atom. The van der Waals surface area contributed by atoms with Crippen LogP contribution < -0.4 is 5.32 Å². The van der Waals surface area contributed by atoms with Crippen LogP contribution in [0.1, 0.15) is 13.3 Å². The first-order valence-electron chi connectivity index (χ1n) is 6.57. The lowest BCUT2D eigenvalue weighted by atomic mass is 9.98. The van der Waals surface area contributed by atoms with E-state index >= 15 is 0 Å². The van der Waals surface area contributed by atoms with E-state index in [-0.39, 0.29) is 11.8 Å². The Morgan fingerprint density at radius 1 is 1.50 bits per heavy atom. The molecule has 1 aromatic rings.